The molecule has 1 fully saturated rings. The van der Waals surface area contributed by atoms with Crippen LogP contribution >= 0.6 is 23.1 Å². The smallest absolute Gasteiger partial charge is 0.174 e. The van der Waals surface area contributed by atoms with Gasteiger partial charge in [0.2, 0.25) is 0 Å². The van der Waals surface area contributed by atoms with Gasteiger partial charge < -0.3 is 0 Å². The molecule has 0 amide bonds. The van der Waals surface area contributed by atoms with E-state index in [1.165, 1.54) is 48.8 Å². The summed E-state index contributed by atoms with van der Waals surface area (Å²) < 4.78 is 0.869. The molecule has 3 nitrogen and oxygen atoms in total. The molecule has 1 saturated carbocycles. The van der Waals surface area contributed by atoms with Crippen LogP contribution in [0.4, 0.5) is 0 Å². The van der Waals surface area contributed by atoms with Gasteiger partial charge in [-0.25, -0.2) is 0 Å². The van der Waals surface area contributed by atoms with Gasteiger partial charge in [-0.1, -0.05) is 62.3 Å². The van der Waals surface area contributed by atoms with Gasteiger partial charge in [0, 0.05) is 0 Å². The van der Waals surface area contributed by atoms with Crippen LogP contribution < -0.4 is 0 Å². The molecule has 0 aliphatic heterocycles. The zero-order valence-electron chi connectivity index (χ0n) is 13.0. The second kappa shape index (κ2) is 8.08. The van der Waals surface area contributed by atoms with E-state index in [0.29, 0.717) is 17.6 Å². The number of Topliss-reactive ketones (excluding diaryl/α,β-unsaturated/α-hetero) is 1. The number of rotatable bonds is 6. The Morgan fingerprint density at radius 3 is 3.00 bits per heavy atom. The van der Waals surface area contributed by atoms with Crippen LogP contribution in [0.3, 0.4) is 0 Å². The highest BCUT2D eigenvalue weighted by Gasteiger charge is 2.27. The summed E-state index contributed by atoms with van der Waals surface area (Å²) in [7, 11) is 0. The van der Waals surface area contributed by atoms with Crippen molar-refractivity contribution in [1.82, 2.24) is 10.2 Å². The van der Waals surface area contributed by atoms with E-state index >= 15 is 0 Å². The van der Waals surface area contributed by atoms with Gasteiger partial charge in [0.15, 0.2) is 10.1 Å². The molecule has 3 atom stereocenters. The number of carbonyl (C=O) groups excluding carboxylic acids is 1. The van der Waals surface area contributed by atoms with Crippen molar-refractivity contribution < 1.29 is 4.79 Å². The Morgan fingerprint density at radius 1 is 1.52 bits per heavy atom. The molecule has 0 N–H and O–H groups in total. The number of allylic oxidation sites excluding steroid dienone is 2. The minimum Gasteiger partial charge on any atom is -0.294 e. The maximum atomic E-state index is 12.2. The van der Waals surface area contributed by atoms with E-state index in [0.717, 1.165) is 15.8 Å². The highest BCUT2D eigenvalue weighted by atomic mass is 32.2. The van der Waals surface area contributed by atoms with Crippen molar-refractivity contribution in [2.75, 3.05) is 5.75 Å². The topological polar surface area (TPSA) is 42.9 Å². The second-order valence-electron chi connectivity index (χ2n) is 5.89. The normalized spacial score (nSPS) is 26.8. The largest absolute Gasteiger partial charge is 0.294 e. The van der Waals surface area contributed by atoms with Crippen LogP contribution in [0.1, 0.15) is 46.5 Å². The SMILES string of the molecule is CCC1CCCC(/C=C(/C)C(=O)CSc2nncs2)C1C. The Morgan fingerprint density at radius 2 is 2.33 bits per heavy atom. The van der Waals surface area contributed by atoms with Gasteiger partial charge in [-0.2, -0.15) is 0 Å². The number of hydrogen-bond donors (Lipinski definition) is 0. The van der Waals surface area contributed by atoms with E-state index in [9.17, 15) is 4.79 Å². The molecule has 21 heavy (non-hydrogen) atoms. The summed E-state index contributed by atoms with van der Waals surface area (Å²) in [5.74, 6) is 2.77. The van der Waals surface area contributed by atoms with Gasteiger partial charge in [-0.15, -0.1) is 10.2 Å². The molecule has 1 aromatic rings. The number of thioether (sulfide) groups is 1. The van der Waals surface area contributed by atoms with Gasteiger partial charge in [-0.3, -0.25) is 4.79 Å². The van der Waals surface area contributed by atoms with Crippen molar-refractivity contribution in [3.05, 3.63) is 17.2 Å². The minimum atomic E-state index is 0.223. The van der Waals surface area contributed by atoms with Gasteiger partial charge in [0.25, 0.3) is 0 Å². The fraction of sp³-hybridized carbons (Fsp3) is 0.688. The third kappa shape index (κ3) is 4.65. The summed E-state index contributed by atoms with van der Waals surface area (Å²) in [6.45, 7) is 6.59. The third-order valence-electron chi connectivity index (χ3n) is 4.63. The van der Waals surface area contributed by atoms with Crippen LogP contribution in [0.5, 0.6) is 0 Å². The van der Waals surface area contributed by atoms with E-state index < -0.39 is 0 Å². The first kappa shape index (κ1) is 16.7. The Hall–Kier alpha value is -0.680. The number of ketones is 1. The first-order chi connectivity index (χ1) is 10.1. The number of nitrogens with zero attached hydrogens (tertiary/aromatic N) is 2. The molecule has 1 aliphatic carbocycles. The average molecular weight is 325 g/mol. The Balaban J connectivity index is 1.91. The van der Waals surface area contributed by atoms with Crippen molar-refractivity contribution in [3.63, 3.8) is 0 Å². The molecule has 0 radical (unpaired) electrons. The lowest BCUT2D eigenvalue weighted by Crippen LogP contribution is -2.25. The fourth-order valence-corrected chi connectivity index (χ4v) is 4.63. The van der Waals surface area contributed by atoms with Crippen LogP contribution in [-0.4, -0.2) is 21.7 Å². The highest BCUT2D eigenvalue weighted by molar-refractivity contribution is 8.01. The van der Waals surface area contributed by atoms with Crippen molar-refractivity contribution in [3.8, 4) is 0 Å². The summed E-state index contributed by atoms with van der Waals surface area (Å²) in [6, 6.07) is 0. The molecule has 0 saturated heterocycles. The summed E-state index contributed by atoms with van der Waals surface area (Å²) in [5.41, 5.74) is 2.62. The van der Waals surface area contributed by atoms with Crippen LogP contribution in [0.15, 0.2) is 21.5 Å². The van der Waals surface area contributed by atoms with Gasteiger partial charge in [0.1, 0.15) is 5.51 Å². The molecule has 2 rings (SSSR count). The molecular weight excluding hydrogens is 300 g/mol. The minimum absolute atomic E-state index is 0.223. The van der Waals surface area contributed by atoms with Crippen LogP contribution in [0, 0.1) is 17.8 Å². The third-order valence-corrected chi connectivity index (χ3v) is 6.49. The second-order valence-corrected chi connectivity index (χ2v) is 7.94. The first-order valence-corrected chi connectivity index (χ1v) is 9.59. The number of carbonyl (C=O) groups is 1. The van der Waals surface area contributed by atoms with Gasteiger partial charge in [0.05, 0.1) is 5.75 Å². The van der Waals surface area contributed by atoms with E-state index in [4.69, 9.17) is 0 Å². The molecule has 0 bridgehead atoms. The van der Waals surface area contributed by atoms with E-state index in [1.807, 2.05) is 6.92 Å². The Bertz CT molecular complexity index is 484. The van der Waals surface area contributed by atoms with E-state index in [-0.39, 0.29) is 5.78 Å². The molecular formula is C16H24N2OS2. The highest BCUT2D eigenvalue weighted by Crippen LogP contribution is 2.37. The van der Waals surface area contributed by atoms with Gasteiger partial charge >= 0.3 is 0 Å². The molecule has 1 aromatic heterocycles. The molecule has 0 spiro atoms. The first-order valence-electron chi connectivity index (χ1n) is 7.72. The monoisotopic (exact) mass is 324 g/mol. The molecule has 3 unspecified atom stereocenters. The predicted molar refractivity (Wildman–Crippen MR) is 89.7 cm³/mol. The Labute approximate surface area is 135 Å². The molecule has 1 aliphatic rings. The van der Waals surface area contributed by atoms with E-state index in [1.54, 1.807) is 5.51 Å². The quantitative estimate of drug-likeness (QED) is 0.566. The van der Waals surface area contributed by atoms with Crippen LogP contribution in [-0.2, 0) is 4.79 Å². The summed E-state index contributed by atoms with van der Waals surface area (Å²) in [6.07, 6.45) is 7.36. The standard InChI is InChI=1S/C16H24N2OS2/c1-4-13-6-5-7-14(12(13)3)8-11(2)15(19)9-20-16-18-17-10-21-16/h8,10,12-14H,4-7,9H2,1-3H3/b11-8-. The number of aromatic nitrogens is 2. The zero-order valence-corrected chi connectivity index (χ0v) is 14.7. The van der Waals surface area contributed by atoms with Crippen molar-refractivity contribution in [2.24, 2.45) is 17.8 Å². The average Bonchev–Trinajstić information content (AvgIpc) is 3.00. The number of hydrogen-bond acceptors (Lipinski definition) is 5. The maximum Gasteiger partial charge on any atom is 0.174 e. The van der Waals surface area contributed by atoms with Crippen LogP contribution in [0.25, 0.3) is 0 Å². The summed E-state index contributed by atoms with van der Waals surface area (Å²) >= 11 is 2.97. The van der Waals surface area contributed by atoms with Gasteiger partial charge in [-0.05, 0) is 36.7 Å². The fourth-order valence-electron chi connectivity index (χ4n) is 3.18. The lowest BCUT2D eigenvalue weighted by molar-refractivity contribution is -0.113. The lowest BCUT2D eigenvalue weighted by Gasteiger charge is -2.34. The van der Waals surface area contributed by atoms with Crippen molar-refractivity contribution in [2.45, 2.75) is 50.8 Å². The van der Waals surface area contributed by atoms with Crippen molar-refractivity contribution in [1.29, 1.82) is 0 Å². The Kier molecular flexibility index (Phi) is 6.42. The maximum absolute atomic E-state index is 12.2. The zero-order chi connectivity index (χ0) is 15.2. The van der Waals surface area contributed by atoms with Crippen molar-refractivity contribution >= 4 is 28.9 Å². The van der Waals surface area contributed by atoms with Crippen LogP contribution in [0.2, 0.25) is 0 Å². The molecule has 1 heterocycles. The summed E-state index contributed by atoms with van der Waals surface area (Å²) in [4.78, 5) is 12.2. The molecule has 0 aromatic carbocycles. The summed E-state index contributed by atoms with van der Waals surface area (Å²) in [5, 5.41) is 7.74. The molecule has 5 heteroatoms. The predicted octanol–water partition coefficient (Wildman–Crippen LogP) is 4.61. The van der Waals surface area contributed by atoms with E-state index in [2.05, 4.69) is 30.1 Å². The molecule has 116 valence electrons. The lowest BCUT2D eigenvalue weighted by atomic mass is 9.71.